The van der Waals surface area contributed by atoms with Gasteiger partial charge in [-0.15, -0.1) is 13.2 Å². The van der Waals surface area contributed by atoms with E-state index in [-0.39, 0.29) is 11.8 Å². The van der Waals surface area contributed by atoms with Gasteiger partial charge >= 0.3 is 12.4 Å². The Morgan fingerprint density at radius 3 is 2.18 bits per heavy atom. The molecule has 0 aliphatic carbocycles. The molecule has 0 saturated carbocycles. The van der Waals surface area contributed by atoms with Gasteiger partial charge in [0.25, 0.3) is 0 Å². The Morgan fingerprint density at radius 1 is 0.941 bits per heavy atom. The zero-order chi connectivity index (χ0) is 24.3. The Hall–Kier alpha value is -3.28. The van der Waals surface area contributed by atoms with Crippen LogP contribution < -0.4 is 19.9 Å². The molecule has 2 fully saturated rings. The molecule has 34 heavy (non-hydrogen) atoms. The zero-order valence-electron chi connectivity index (χ0n) is 19.2. The van der Waals surface area contributed by atoms with E-state index in [2.05, 4.69) is 36.8 Å². The van der Waals surface area contributed by atoms with E-state index < -0.39 is 6.36 Å². The number of hydrogen-bond acceptors (Lipinski definition) is 7. The van der Waals surface area contributed by atoms with E-state index in [4.69, 9.17) is 4.98 Å². The van der Waals surface area contributed by atoms with E-state index in [0.29, 0.717) is 37.8 Å². The summed E-state index contributed by atoms with van der Waals surface area (Å²) in [7, 11) is 2.11. The van der Waals surface area contributed by atoms with Crippen LogP contribution in [0.2, 0.25) is 0 Å². The van der Waals surface area contributed by atoms with Crippen molar-refractivity contribution in [2.45, 2.75) is 13.3 Å². The molecule has 2 aliphatic rings. The standard InChI is InChI=1S/C22H28F3N7O2/c1-16-15-19(30-9-7-29(2)8-10-30)28-20(26-16)31-11-13-32(14-12-31)21(33)27-17-3-5-18(6-4-17)34-22(23,24)25/h3-6,15H,7-14H2,1-2H3,(H,27,33). The summed E-state index contributed by atoms with van der Waals surface area (Å²) in [6.07, 6.45) is -4.75. The first-order chi connectivity index (χ1) is 16.2. The number of hydrogen-bond donors (Lipinski definition) is 1. The average Bonchev–Trinajstić information content (AvgIpc) is 2.79. The van der Waals surface area contributed by atoms with Gasteiger partial charge in [0.1, 0.15) is 11.6 Å². The second-order valence-corrected chi connectivity index (χ2v) is 8.43. The molecule has 0 radical (unpaired) electrons. The maximum Gasteiger partial charge on any atom is 0.573 e. The number of anilines is 3. The molecule has 0 unspecified atom stereocenters. The van der Waals surface area contributed by atoms with Crippen molar-refractivity contribution >= 4 is 23.5 Å². The highest BCUT2D eigenvalue weighted by Gasteiger charge is 2.31. The number of ether oxygens (including phenoxy) is 1. The molecule has 2 aromatic rings. The molecule has 0 atom stereocenters. The number of rotatable bonds is 4. The quantitative estimate of drug-likeness (QED) is 0.723. The SMILES string of the molecule is Cc1cc(N2CCN(C)CC2)nc(N2CCN(C(=O)Nc3ccc(OC(F)(F)F)cc3)CC2)n1. The molecular weight excluding hydrogens is 451 g/mol. The van der Waals surface area contributed by atoms with Gasteiger partial charge in [-0.05, 0) is 38.2 Å². The number of benzene rings is 1. The van der Waals surface area contributed by atoms with Crippen molar-refractivity contribution in [1.82, 2.24) is 19.8 Å². The van der Waals surface area contributed by atoms with E-state index in [1.54, 1.807) is 4.90 Å². The number of alkyl halides is 3. The number of carbonyl (C=O) groups excluding carboxylic acids is 1. The van der Waals surface area contributed by atoms with Crippen LogP contribution in [-0.2, 0) is 0 Å². The average molecular weight is 480 g/mol. The van der Waals surface area contributed by atoms with Crippen molar-refractivity contribution in [3.05, 3.63) is 36.0 Å². The van der Waals surface area contributed by atoms with Gasteiger partial charge in [0, 0.05) is 69.8 Å². The minimum atomic E-state index is -4.75. The van der Waals surface area contributed by atoms with E-state index in [0.717, 1.165) is 49.8 Å². The molecule has 0 bridgehead atoms. The Kier molecular flexibility index (Phi) is 6.96. The monoisotopic (exact) mass is 479 g/mol. The molecule has 1 N–H and O–H groups in total. The molecule has 12 heteroatoms. The molecule has 184 valence electrons. The maximum absolute atomic E-state index is 12.6. The molecule has 1 aromatic heterocycles. The lowest BCUT2D eigenvalue weighted by atomic mass is 10.3. The Bertz CT molecular complexity index is 987. The Morgan fingerprint density at radius 2 is 1.56 bits per heavy atom. The Labute approximate surface area is 196 Å². The summed E-state index contributed by atoms with van der Waals surface area (Å²) < 4.78 is 40.7. The molecule has 1 aromatic carbocycles. The van der Waals surface area contributed by atoms with E-state index in [1.807, 2.05) is 13.0 Å². The van der Waals surface area contributed by atoms with E-state index >= 15 is 0 Å². The van der Waals surface area contributed by atoms with Crippen molar-refractivity contribution in [3.8, 4) is 5.75 Å². The number of aryl methyl sites for hydroxylation is 1. The van der Waals surface area contributed by atoms with Crippen LogP contribution in [0.3, 0.4) is 0 Å². The fraction of sp³-hybridized carbons (Fsp3) is 0.500. The van der Waals surface area contributed by atoms with E-state index in [1.165, 1.54) is 12.1 Å². The van der Waals surface area contributed by atoms with Crippen LogP contribution in [0.15, 0.2) is 30.3 Å². The predicted octanol–water partition coefficient (Wildman–Crippen LogP) is 2.79. The van der Waals surface area contributed by atoms with Crippen LogP contribution in [0.4, 0.5) is 35.4 Å². The van der Waals surface area contributed by atoms with Gasteiger partial charge in [0.05, 0.1) is 0 Å². The number of likely N-dealkylation sites (N-methyl/N-ethyl adjacent to an activating group) is 1. The first-order valence-corrected chi connectivity index (χ1v) is 11.1. The molecule has 2 aliphatic heterocycles. The lowest BCUT2D eigenvalue weighted by Gasteiger charge is -2.36. The Balaban J connectivity index is 1.32. The normalized spacial score (nSPS) is 17.6. The van der Waals surface area contributed by atoms with Gasteiger partial charge in [-0.1, -0.05) is 0 Å². The van der Waals surface area contributed by atoms with Crippen LogP contribution in [0.1, 0.15) is 5.69 Å². The third kappa shape index (κ3) is 6.19. The highest BCUT2D eigenvalue weighted by molar-refractivity contribution is 5.89. The second kappa shape index (κ2) is 9.92. The van der Waals surface area contributed by atoms with Crippen molar-refractivity contribution in [2.24, 2.45) is 0 Å². The van der Waals surface area contributed by atoms with Crippen LogP contribution in [0.5, 0.6) is 5.75 Å². The fourth-order valence-corrected chi connectivity index (χ4v) is 3.93. The number of urea groups is 1. The smallest absolute Gasteiger partial charge is 0.406 e. The van der Waals surface area contributed by atoms with Crippen LogP contribution in [0, 0.1) is 6.92 Å². The first-order valence-electron chi connectivity index (χ1n) is 11.1. The van der Waals surface area contributed by atoms with Gasteiger partial charge in [0.15, 0.2) is 0 Å². The summed E-state index contributed by atoms with van der Waals surface area (Å²) in [4.78, 5) is 30.3. The maximum atomic E-state index is 12.6. The molecule has 2 amide bonds. The molecule has 2 saturated heterocycles. The van der Waals surface area contributed by atoms with Crippen LogP contribution >= 0.6 is 0 Å². The summed E-state index contributed by atoms with van der Waals surface area (Å²) in [5.41, 5.74) is 1.29. The molecular formula is C22H28F3N7O2. The van der Waals surface area contributed by atoms with Gasteiger partial charge < -0.3 is 29.7 Å². The molecule has 4 rings (SSSR count). The van der Waals surface area contributed by atoms with E-state index in [9.17, 15) is 18.0 Å². The van der Waals surface area contributed by atoms with Crippen LogP contribution in [0.25, 0.3) is 0 Å². The van der Waals surface area contributed by atoms with Crippen molar-refractivity contribution in [1.29, 1.82) is 0 Å². The summed E-state index contributed by atoms with van der Waals surface area (Å²) in [5.74, 6) is 1.25. The lowest BCUT2D eigenvalue weighted by Crippen LogP contribution is -2.50. The number of carbonyl (C=O) groups is 1. The lowest BCUT2D eigenvalue weighted by molar-refractivity contribution is -0.274. The van der Waals surface area contributed by atoms with Crippen LogP contribution in [-0.4, -0.2) is 91.6 Å². The molecule has 9 nitrogen and oxygen atoms in total. The number of piperazine rings is 2. The van der Waals surface area contributed by atoms with Gasteiger partial charge in [0.2, 0.25) is 5.95 Å². The largest absolute Gasteiger partial charge is 0.573 e. The van der Waals surface area contributed by atoms with Gasteiger partial charge in [-0.25, -0.2) is 9.78 Å². The zero-order valence-corrected chi connectivity index (χ0v) is 19.2. The summed E-state index contributed by atoms with van der Waals surface area (Å²) >= 11 is 0. The number of amides is 2. The third-order valence-electron chi connectivity index (χ3n) is 5.85. The summed E-state index contributed by atoms with van der Waals surface area (Å²) in [5, 5.41) is 2.71. The van der Waals surface area contributed by atoms with Crippen molar-refractivity contribution in [2.75, 3.05) is 74.5 Å². The second-order valence-electron chi connectivity index (χ2n) is 8.43. The van der Waals surface area contributed by atoms with Gasteiger partial charge in [-0.2, -0.15) is 4.98 Å². The number of halogens is 3. The molecule has 0 spiro atoms. The van der Waals surface area contributed by atoms with Gasteiger partial charge in [-0.3, -0.25) is 0 Å². The summed E-state index contributed by atoms with van der Waals surface area (Å²) in [6, 6.07) is 6.75. The number of nitrogens with zero attached hydrogens (tertiary/aromatic N) is 6. The number of aromatic nitrogens is 2. The fourth-order valence-electron chi connectivity index (χ4n) is 3.93. The van der Waals surface area contributed by atoms with Crippen molar-refractivity contribution < 1.29 is 22.7 Å². The predicted molar refractivity (Wildman–Crippen MR) is 122 cm³/mol. The first kappa shape index (κ1) is 23.9. The summed E-state index contributed by atoms with van der Waals surface area (Å²) in [6.45, 7) is 7.89. The minimum absolute atomic E-state index is 0.313. The highest BCUT2D eigenvalue weighted by Crippen LogP contribution is 2.24. The highest BCUT2D eigenvalue weighted by atomic mass is 19.4. The number of nitrogens with one attached hydrogen (secondary N) is 1. The topological polar surface area (TPSA) is 77.1 Å². The minimum Gasteiger partial charge on any atom is -0.406 e. The van der Waals surface area contributed by atoms with Crippen molar-refractivity contribution in [3.63, 3.8) is 0 Å². The molecule has 3 heterocycles. The third-order valence-corrected chi connectivity index (χ3v) is 5.85.